The Hall–Kier alpha value is -0.840. The summed E-state index contributed by atoms with van der Waals surface area (Å²) in [6.45, 7) is -2.84. The molecule has 0 amide bonds. The lowest BCUT2D eigenvalue weighted by Gasteiger charge is -2.45. The Labute approximate surface area is 254 Å². The summed E-state index contributed by atoms with van der Waals surface area (Å²) in [5.41, 5.74) is 0. The number of aliphatic hydroxyl groups excluding tert-OH is 14. The van der Waals surface area contributed by atoms with Crippen LogP contribution in [0.4, 0.5) is 0 Å². The van der Waals surface area contributed by atoms with Gasteiger partial charge in [0.05, 0.1) is 26.4 Å². The summed E-state index contributed by atoms with van der Waals surface area (Å²) in [5.74, 6) is 0. The number of hydrogen-bond donors (Lipinski definition) is 14. The van der Waals surface area contributed by atoms with Crippen molar-refractivity contribution in [1.82, 2.24) is 0 Å². The van der Waals surface area contributed by atoms with Gasteiger partial charge < -0.3 is 105 Å². The predicted octanol–water partition coefficient (Wildman–Crippen LogP) is -9.75. The zero-order chi connectivity index (χ0) is 33.3. The number of rotatable bonds is 10. The van der Waals surface area contributed by atoms with E-state index in [0.717, 1.165) is 0 Å². The molecule has 14 N–H and O–H groups in total. The first-order valence-corrected chi connectivity index (χ1v) is 14.1. The first kappa shape index (κ1) is 37.0. The lowest BCUT2D eigenvalue weighted by atomic mass is 9.97. The molecule has 0 saturated carbocycles. The van der Waals surface area contributed by atoms with E-state index in [9.17, 15) is 71.5 Å². The molecule has 264 valence electrons. The SMILES string of the molecule is OC[C@H]1O[C@H](O[C@H]2C(O)O[C@H](CO[C@H]3O[C@H](CO[C@H]4O[C@H](CO)[C@@H](O)[C@H](O)[C@H]4O)[C@@H](O)[C@H](O)[C@H]3O)[C@@H](O)[C@@H]2O)[C@H](O)[C@@H](O)[C@@H]1O. The number of aliphatic hydroxyl groups is 14. The molecule has 21 nitrogen and oxygen atoms in total. The van der Waals surface area contributed by atoms with Crippen LogP contribution in [0.15, 0.2) is 0 Å². The quantitative estimate of drug-likeness (QED) is 0.103. The average molecular weight is 667 g/mol. The second kappa shape index (κ2) is 15.6. The van der Waals surface area contributed by atoms with Crippen LogP contribution in [0.25, 0.3) is 0 Å². The van der Waals surface area contributed by atoms with E-state index in [-0.39, 0.29) is 0 Å². The number of hydrogen-bond acceptors (Lipinski definition) is 21. The van der Waals surface area contributed by atoms with Crippen LogP contribution < -0.4 is 0 Å². The zero-order valence-corrected chi connectivity index (χ0v) is 23.5. The van der Waals surface area contributed by atoms with Crippen molar-refractivity contribution < 1.29 is 105 Å². The van der Waals surface area contributed by atoms with Gasteiger partial charge in [-0.1, -0.05) is 0 Å². The summed E-state index contributed by atoms with van der Waals surface area (Å²) in [6.07, 6.45) is -34.4. The van der Waals surface area contributed by atoms with Crippen molar-refractivity contribution in [2.24, 2.45) is 0 Å². The van der Waals surface area contributed by atoms with Crippen LogP contribution in [0.2, 0.25) is 0 Å². The molecule has 0 bridgehead atoms. The average Bonchev–Trinajstić information content (AvgIpc) is 3.02. The van der Waals surface area contributed by atoms with Crippen molar-refractivity contribution in [3.8, 4) is 0 Å². The monoisotopic (exact) mass is 666 g/mol. The molecule has 1 unspecified atom stereocenters. The minimum atomic E-state index is -2.01. The minimum Gasteiger partial charge on any atom is -0.394 e. The van der Waals surface area contributed by atoms with Gasteiger partial charge in [-0.2, -0.15) is 0 Å². The van der Waals surface area contributed by atoms with Crippen LogP contribution in [-0.4, -0.2) is 221 Å². The summed E-state index contributed by atoms with van der Waals surface area (Å²) >= 11 is 0. The molecular formula is C24H42O21. The second-order valence-electron chi connectivity index (χ2n) is 11.2. The van der Waals surface area contributed by atoms with Crippen LogP contribution in [0.5, 0.6) is 0 Å². The summed E-state index contributed by atoms with van der Waals surface area (Å²) in [6, 6.07) is 0. The molecule has 0 spiro atoms. The highest BCUT2D eigenvalue weighted by molar-refractivity contribution is 4.95. The Bertz CT molecular complexity index is 914. The van der Waals surface area contributed by atoms with E-state index in [4.69, 9.17) is 33.2 Å². The highest BCUT2D eigenvalue weighted by Gasteiger charge is 2.52. The third-order valence-corrected chi connectivity index (χ3v) is 8.17. The van der Waals surface area contributed by atoms with Gasteiger partial charge in [-0.15, -0.1) is 0 Å². The Morgan fingerprint density at radius 2 is 0.733 bits per heavy atom. The molecule has 45 heavy (non-hydrogen) atoms. The Kier molecular flexibility index (Phi) is 12.8. The van der Waals surface area contributed by atoms with Gasteiger partial charge in [0.15, 0.2) is 25.2 Å². The summed E-state index contributed by atoms with van der Waals surface area (Å²) in [5, 5.41) is 141. The van der Waals surface area contributed by atoms with Crippen molar-refractivity contribution in [1.29, 1.82) is 0 Å². The van der Waals surface area contributed by atoms with Crippen LogP contribution in [0.3, 0.4) is 0 Å². The van der Waals surface area contributed by atoms with E-state index in [1.807, 2.05) is 0 Å². The third-order valence-electron chi connectivity index (χ3n) is 8.17. The van der Waals surface area contributed by atoms with Gasteiger partial charge >= 0.3 is 0 Å². The molecule has 4 rings (SSSR count). The normalized spacial score (nSPS) is 52.9. The standard InChI is InChI=1S/C24H42O21/c25-1-5-9(27)13(31)17(35)22(42-5)40-4-8-11(29)15(33)18(36)23(44-8)39-3-7-12(30)16(34)20(21(38)41-7)45-24-19(37)14(32)10(28)6(2-26)43-24/h5-38H,1-4H2/t5-,6-,7-,8-,9-,10-,11-,12-,13+,14+,15+,16+,17-,18-,19-,20-,21?,22+,23+,24-/m1/s1. The van der Waals surface area contributed by atoms with Gasteiger partial charge in [-0.3, -0.25) is 0 Å². The van der Waals surface area contributed by atoms with Crippen molar-refractivity contribution in [3.05, 3.63) is 0 Å². The van der Waals surface area contributed by atoms with E-state index in [1.165, 1.54) is 0 Å². The van der Waals surface area contributed by atoms with Crippen molar-refractivity contribution in [2.45, 2.75) is 123 Å². The predicted molar refractivity (Wildman–Crippen MR) is 134 cm³/mol. The van der Waals surface area contributed by atoms with Crippen LogP contribution >= 0.6 is 0 Å². The molecule has 0 aromatic carbocycles. The minimum absolute atomic E-state index is 0.634. The smallest absolute Gasteiger partial charge is 0.187 e. The molecule has 0 aliphatic carbocycles. The highest BCUT2D eigenvalue weighted by Crippen LogP contribution is 2.30. The van der Waals surface area contributed by atoms with Crippen molar-refractivity contribution >= 4 is 0 Å². The zero-order valence-electron chi connectivity index (χ0n) is 23.5. The molecule has 4 saturated heterocycles. The molecule has 4 aliphatic rings. The summed E-state index contributed by atoms with van der Waals surface area (Å²) in [7, 11) is 0. The molecule has 4 fully saturated rings. The lowest BCUT2D eigenvalue weighted by Crippen LogP contribution is -2.65. The molecule has 21 heteroatoms. The van der Waals surface area contributed by atoms with E-state index in [0.29, 0.717) is 0 Å². The topological polar surface area (TPSA) is 348 Å². The lowest BCUT2D eigenvalue weighted by molar-refractivity contribution is -0.367. The van der Waals surface area contributed by atoms with Gasteiger partial charge in [0, 0.05) is 0 Å². The van der Waals surface area contributed by atoms with E-state index < -0.39 is 149 Å². The van der Waals surface area contributed by atoms with Crippen molar-refractivity contribution in [2.75, 3.05) is 26.4 Å². The van der Waals surface area contributed by atoms with Gasteiger partial charge in [0.2, 0.25) is 0 Å². The molecular weight excluding hydrogens is 624 g/mol. The fourth-order valence-corrected chi connectivity index (χ4v) is 5.32. The van der Waals surface area contributed by atoms with Gasteiger partial charge in [0.1, 0.15) is 97.7 Å². The van der Waals surface area contributed by atoms with E-state index in [2.05, 4.69) is 0 Å². The van der Waals surface area contributed by atoms with Gasteiger partial charge in [-0.25, -0.2) is 0 Å². The summed E-state index contributed by atoms with van der Waals surface area (Å²) in [4.78, 5) is 0. The molecule has 4 aliphatic heterocycles. The maximum absolute atomic E-state index is 10.6. The van der Waals surface area contributed by atoms with Crippen LogP contribution in [0, 0.1) is 0 Å². The fraction of sp³-hybridized carbons (Fsp3) is 1.00. The van der Waals surface area contributed by atoms with Gasteiger partial charge in [0.25, 0.3) is 0 Å². The molecule has 20 atom stereocenters. The largest absolute Gasteiger partial charge is 0.394 e. The van der Waals surface area contributed by atoms with E-state index in [1.54, 1.807) is 0 Å². The first-order chi connectivity index (χ1) is 21.2. The Morgan fingerprint density at radius 3 is 1.20 bits per heavy atom. The molecule has 0 aromatic heterocycles. The van der Waals surface area contributed by atoms with Crippen LogP contribution in [0.1, 0.15) is 0 Å². The Balaban J connectivity index is 1.32. The molecule has 0 aromatic rings. The van der Waals surface area contributed by atoms with Crippen LogP contribution in [-0.2, 0) is 33.2 Å². The third kappa shape index (κ3) is 7.75. The highest BCUT2D eigenvalue weighted by atomic mass is 16.8. The fourth-order valence-electron chi connectivity index (χ4n) is 5.32. The maximum Gasteiger partial charge on any atom is 0.187 e. The van der Waals surface area contributed by atoms with Gasteiger partial charge in [-0.05, 0) is 0 Å². The second-order valence-corrected chi connectivity index (χ2v) is 11.2. The van der Waals surface area contributed by atoms with Crippen molar-refractivity contribution in [3.63, 3.8) is 0 Å². The Morgan fingerprint density at radius 1 is 0.378 bits per heavy atom. The summed E-state index contributed by atoms with van der Waals surface area (Å²) < 4.78 is 37.1. The first-order valence-electron chi connectivity index (χ1n) is 14.1. The maximum atomic E-state index is 10.6. The molecule has 0 radical (unpaired) electrons. The number of ether oxygens (including phenoxy) is 7. The van der Waals surface area contributed by atoms with E-state index >= 15 is 0 Å². The molecule has 4 heterocycles.